The maximum Gasteiger partial charge on any atom is 0.340 e. The Morgan fingerprint density at radius 1 is 1.28 bits per heavy atom. The average molecular weight is 357 g/mol. The van der Waals surface area contributed by atoms with Crippen molar-refractivity contribution in [3.05, 3.63) is 62.9 Å². The number of H-pyrrole nitrogens is 1. The molecule has 2 rings (SSSR count). The van der Waals surface area contributed by atoms with Crippen LogP contribution in [0.4, 0.5) is 0 Å². The van der Waals surface area contributed by atoms with Crippen molar-refractivity contribution < 1.29 is 14.3 Å². The fraction of sp³-hybridized carbons (Fsp3) is 0.211. The highest BCUT2D eigenvalue weighted by Gasteiger charge is 2.20. The number of ketones is 1. The molecule has 0 aliphatic carbocycles. The number of nitrogens with zero attached hydrogens (tertiary/aromatic N) is 1. The van der Waals surface area contributed by atoms with Crippen LogP contribution in [0.3, 0.4) is 0 Å². The van der Waals surface area contributed by atoms with E-state index in [1.54, 1.807) is 45.0 Å². The maximum atomic E-state index is 12.5. The average Bonchev–Trinajstić information content (AvgIpc) is 2.86. The van der Waals surface area contributed by atoms with Gasteiger partial charge >= 0.3 is 5.97 Å². The predicted molar refractivity (Wildman–Crippen MR) is 95.6 cm³/mol. The molecular weight excluding hydrogens is 340 g/mol. The molecule has 0 saturated heterocycles. The lowest BCUT2D eigenvalue weighted by atomic mass is 10.0. The molecule has 0 atom stereocenters. The van der Waals surface area contributed by atoms with E-state index in [-0.39, 0.29) is 12.2 Å². The Bertz CT molecular complexity index is 887. The molecule has 2 aromatic rings. The van der Waals surface area contributed by atoms with Gasteiger partial charge < -0.3 is 9.72 Å². The van der Waals surface area contributed by atoms with E-state index in [9.17, 15) is 14.9 Å². The number of carbonyl (C=O) groups is 2. The second kappa shape index (κ2) is 7.82. The minimum Gasteiger partial charge on any atom is -0.462 e. The second-order valence-corrected chi connectivity index (χ2v) is 5.83. The first-order chi connectivity index (χ1) is 11.9. The maximum absolute atomic E-state index is 12.5. The van der Waals surface area contributed by atoms with Crippen LogP contribution in [0.25, 0.3) is 6.08 Å². The molecule has 128 valence electrons. The lowest BCUT2D eigenvalue weighted by Gasteiger charge is -2.02. The number of Topliss-reactive ketones (excluding diaryl/α,β-unsaturated/α-hetero) is 1. The van der Waals surface area contributed by atoms with E-state index in [2.05, 4.69) is 4.98 Å². The topological polar surface area (TPSA) is 82.9 Å². The summed E-state index contributed by atoms with van der Waals surface area (Å²) < 4.78 is 5.04. The molecule has 1 aromatic carbocycles. The third kappa shape index (κ3) is 3.98. The molecule has 0 saturated carbocycles. The Balaban J connectivity index is 2.42. The van der Waals surface area contributed by atoms with Crippen LogP contribution in [0.5, 0.6) is 0 Å². The molecule has 0 unspecified atom stereocenters. The zero-order valence-electron chi connectivity index (χ0n) is 14.1. The van der Waals surface area contributed by atoms with Gasteiger partial charge in [-0.05, 0) is 56.7 Å². The largest absolute Gasteiger partial charge is 0.462 e. The molecule has 0 radical (unpaired) electrons. The summed E-state index contributed by atoms with van der Waals surface area (Å²) in [6.07, 6.45) is 1.45. The number of allylic oxidation sites excluding steroid dienone is 1. The Morgan fingerprint density at radius 3 is 2.48 bits per heavy atom. The van der Waals surface area contributed by atoms with Crippen LogP contribution in [0, 0.1) is 25.2 Å². The van der Waals surface area contributed by atoms with Crippen LogP contribution >= 0.6 is 11.6 Å². The Hall–Kier alpha value is -2.84. The molecule has 1 aromatic heterocycles. The standard InChI is InChI=1S/C19H17ClN2O3/c1-4-25-19(24)17-11(2)16(22-12(17)3)9-14(10-21)18(23)13-5-7-15(20)8-6-13/h5-9,22H,4H2,1-3H3/b14-9+. The smallest absolute Gasteiger partial charge is 0.340 e. The molecule has 6 heteroatoms. The summed E-state index contributed by atoms with van der Waals surface area (Å²) in [6, 6.07) is 8.22. The monoisotopic (exact) mass is 356 g/mol. The van der Waals surface area contributed by atoms with Crippen molar-refractivity contribution in [1.29, 1.82) is 5.26 Å². The first-order valence-corrected chi connectivity index (χ1v) is 8.05. The molecule has 1 N–H and O–H groups in total. The zero-order valence-corrected chi connectivity index (χ0v) is 14.9. The van der Waals surface area contributed by atoms with Crippen LogP contribution in [-0.2, 0) is 4.74 Å². The minimum absolute atomic E-state index is 0.0397. The lowest BCUT2D eigenvalue weighted by molar-refractivity contribution is 0.0525. The van der Waals surface area contributed by atoms with E-state index in [4.69, 9.17) is 16.3 Å². The Labute approximate surface area is 150 Å². The van der Waals surface area contributed by atoms with Gasteiger partial charge in [-0.2, -0.15) is 5.26 Å². The third-order valence-electron chi connectivity index (χ3n) is 3.72. The normalized spacial score (nSPS) is 11.1. The van der Waals surface area contributed by atoms with Gasteiger partial charge in [-0.3, -0.25) is 4.79 Å². The minimum atomic E-state index is -0.434. The van der Waals surface area contributed by atoms with Gasteiger partial charge in [-0.1, -0.05) is 11.6 Å². The summed E-state index contributed by atoms with van der Waals surface area (Å²) in [7, 11) is 0. The molecule has 1 heterocycles. The van der Waals surface area contributed by atoms with Gasteiger partial charge in [0.15, 0.2) is 0 Å². The van der Waals surface area contributed by atoms with Crippen molar-refractivity contribution in [2.45, 2.75) is 20.8 Å². The Kier molecular flexibility index (Phi) is 5.79. The molecule has 0 spiro atoms. The number of aromatic nitrogens is 1. The van der Waals surface area contributed by atoms with Gasteiger partial charge in [0, 0.05) is 22.0 Å². The third-order valence-corrected chi connectivity index (χ3v) is 3.97. The van der Waals surface area contributed by atoms with Crippen molar-refractivity contribution in [2.24, 2.45) is 0 Å². The van der Waals surface area contributed by atoms with Gasteiger partial charge in [0.2, 0.25) is 5.78 Å². The molecular formula is C19H17ClN2O3. The van der Waals surface area contributed by atoms with E-state index in [1.165, 1.54) is 6.08 Å². The molecule has 0 aliphatic rings. The first-order valence-electron chi connectivity index (χ1n) is 7.67. The summed E-state index contributed by atoms with van der Waals surface area (Å²) in [5, 5.41) is 9.87. The SMILES string of the molecule is CCOC(=O)c1c(C)[nH]c(/C=C(\C#N)C(=O)c2ccc(Cl)cc2)c1C. The van der Waals surface area contributed by atoms with Crippen molar-refractivity contribution in [3.8, 4) is 6.07 Å². The quantitative estimate of drug-likeness (QED) is 0.375. The summed E-state index contributed by atoms with van der Waals surface area (Å²) in [4.78, 5) is 27.6. The van der Waals surface area contributed by atoms with Crippen molar-refractivity contribution >= 4 is 29.4 Å². The number of nitrogens with one attached hydrogen (secondary N) is 1. The number of rotatable bonds is 5. The number of nitriles is 1. The number of carbonyl (C=O) groups excluding carboxylic acids is 2. The molecule has 0 bridgehead atoms. The van der Waals surface area contributed by atoms with E-state index >= 15 is 0 Å². The van der Waals surface area contributed by atoms with Crippen LogP contribution in [0.2, 0.25) is 5.02 Å². The molecule has 0 fully saturated rings. The predicted octanol–water partition coefficient (Wildman–Crippen LogP) is 4.25. The first kappa shape index (κ1) is 18.5. The number of aryl methyl sites for hydroxylation is 1. The fourth-order valence-electron chi connectivity index (χ4n) is 2.48. The number of hydrogen-bond donors (Lipinski definition) is 1. The number of halogens is 1. The van der Waals surface area contributed by atoms with Crippen molar-refractivity contribution in [2.75, 3.05) is 6.61 Å². The second-order valence-electron chi connectivity index (χ2n) is 5.39. The number of esters is 1. The number of ether oxygens (including phenoxy) is 1. The zero-order chi connectivity index (χ0) is 18.6. The number of aromatic amines is 1. The van der Waals surface area contributed by atoms with E-state index in [0.29, 0.717) is 33.1 Å². The van der Waals surface area contributed by atoms with Crippen LogP contribution in [0.1, 0.15) is 44.6 Å². The van der Waals surface area contributed by atoms with Gasteiger partial charge in [-0.15, -0.1) is 0 Å². The summed E-state index contributed by atoms with van der Waals surface area (Å²) >= 11 is 5.82. The highest BCUT2D eigenvalue weighted by Crippen LogP contribution is 2.22. The molecule has 0 amide bonds. The van der Waals surface area contributed by atoms with Gasteiger partial charge in [0.25, 0.3) is 0 Å². The van der Waals surface area contributed by atoms with E-state index in [1.807, 2.05) is 6.07 Å². The molecule has 5 nitrogen and oxygen atoms in total. The summed E-state index contributed by atoms with van der Waals surface area (Å²) in [5.41, 5.74) is 2.53. The van der Waals surface area contributed by atoms with Gasteiger partial charge in [-0.25, -0.2) is 4.79 Å². The lowest BCUT2D eigenvalue weighted by Crippen LogP contribution is -2.06. The summed E-state index contributed by atoms with van der Waals surface area (Å²) in [6.45, 7) is 5.48. The number of hydrogen-bond acceptors (Lipinski definition) is 4. The molecule has 0 aliphatic heterocycles. The number of benzene rings is 1. The molecule has 25 heavy (non-hydrogen) atoms. The van der Waals surface area contributed by atoms with Crippen LogP contribution < -0.4 is 0 Å². The van der Waals surface area contributed by atoms with Crippen molar-refractivity contribution in [1.82, 2.24) is 4.98 Å². The van der Waals surface area contributed by atoms with E-state index in [0.717, 1.165) is 0 Å². The van der Waals surface area contributed by atoms with Gasteiger partial charge in [0.1, 0.15) is 11.6 Å². The van der Waals surface area contributed by atoms with E-state index < -0.39 is 11.8 Å². The Morgan fingerprint density at radius 2 is 1.92 bits per heavy atom. The fourth-order valence-corrected chi connectivity index (χ4v) is 2.60. The van der Waals surface area contributed by atoms with Crippen molar-refractivity contribution in [3.63, 3.8) is 0 Å². The van der Waals surface area contributed by atoms with Gasteiger partial charge in [0.05, 0.1) is 12.2 Å². The highest BCUT2D eigenvalue weighted by atomic mass is 35.5. The highest BCUT2D eigenvalue weighted by molar-refractivity contribution is 6.30. The van der Waals surface area contributed by atoms with Crippen LogP contribution in [-0.4, -0.2) is 23.3 Å². The van der Waals surface area contributed by atoms with Crippen LogP contribution in [0.15, 0.2) is 29.8 Å². The summed E-state index contributed by atoms with van der Waals surface area (Å²) in [5.74, 6) is -0.848.